The Hall–Kier alpha value is -1.84. The number of hydrogen-bond donors (Lipinski definition) is 1. The highest BCUT2D eigenvalue weighted by atomic mass is 16.4. The van der Waals surface area contributed by atoms with Crippen molar-refractivity contribution in [3.8, 4) is 0 Å². The molecule has 3 rings (SSSR count). The van der Waals surface area contributed by atoms with Crippen LogP contribution in [0.15, 0.2) is 24.3 Å². The first kappa shape index (κ1) is 12.2. The van der Waals surface area contributed by atoms with Crippen LogP contribution in [-0.4, -0.2) is 21.9 Å². The molecule has 1 heterocycles. The maximum absolute atomic E-state index is 12.4. The Morgan fingerprint density at radius 1 is 1.05 bits per heavy atom. The van der Waals surface area contributed by atoms with Crippen molar-refractivity contribution in [1.29, 1.82) is 0 Å². The van der Waals surface area contributed by atoms with E-state index in [0.717, 1.165) is 0 Å². The highest BCUT2D eigenvalue weighted by Crippen LogP contribution is 2.34. The van der Waals surface area contributed by atoms with Crippen LogP contribution in [-0.2, 0) is 22.7 Å². The number of hydrogen-bond acceptors (Lipinski definition) is 2. The van der Waals surface area contributed by atoms with Gasteiger partial charge in [0.15, 0.2) is 0 Å². The molecule has 4 nitrogen and oxygen atoms in total. The molecule has 1 fully saturated rings. The molecule has 0 unspecified atom stereocenters. The number of nitrogens with zero attached hydrogens (tertiary/aromatic N) is 1. The molecule has 1 aromatic carbocycles. The molecule has 0 aromatic heterocycles. The lowest BCUT2D eigenvalue weighted by molar-refractivity contribution is -0.141. The molecule has 1 aliphatic heterocycles. The van der Waals surface area contributed by atoms with Gasteiger partial charge in [-0.1, -0.05) is 24.3 Å². The first-order valence-electron chi connectivity index (χ1n) is 6.73. The van der Waals surface area contributed by atoms with E-state index in [2.05, 4.69) is 12.1 Å². The van der Waals surface area contributed by atoms with Gasteiger partial charge in [0.2, 0.25) is 5.91 Å². The van der Waals surface area contributed by atoms with Crippen LogP contribution in [0.2, 0.25) is 0 Å². The molecule has 1 amide bonds. The number of benzene rings is 1. The lowest BCUT2D eigenvalue weighted by Gasteiger charge is -2.19. The smallest absolute Gasteiger partial charge is 0.306 e. The zero-order chi connectivity index (χ0) is 13.4. The Balaban J connectivity index is 1.66. The fourth-order valence-corrected chi connectivity index (χ4v) is 3.18. The number of carboxylic acids is 1. The topological polar surface area (TPSA) is 57.6 Å². The lowest BCUT2D eigenvalue weighted by Crippen LogP contribution is -2.31. The molecule has 2 atom stereocenters. The first-order chi connectivity index (χ1) is 9.15. The third-order valence-electron chi connectivity index (χ3n) is 4.28. The summed E-state index contributed by atoms with van der Waals surface area (Å²) >= 11 is 0. The zero-order valence-corrected chi connectivity index (χ0v) is 10.7. The van der Waals surface area contributed by atoms with Gasteiger partial charge < -0.3 is 10.0 Å². The number of fused-ring (bicyclic) bond motifs is 1. The van der Waals surface area contributed by atoms with Crippen LogP contribution in [0.5, 0.6) is 0 Å². The Labute approximate surface area is 112 Å². The Morgan fingerprint density at radius 3 is 2.16 bits per heavy atom. The summed E-state index contributed by atoms with van der Waals surface area (Å²) in [5, 5.41) is 9.00. The summed E-state index contributed by atoms with van der Waals surface area (Å²) < 4.78 is 0. The van der Waals surface area contributed by atoms with E-state index in [1.165, 1.54) is 11.1 Å². The van der Waals surface area contributed by atoms with Crippen LogP contribution in [0, 0.1) is 11.8 Å². The largest absolute Gasteiger partial charge is 0.481 e. The Morgan fingerprint density at radius 2 is 1.63 bits per heavy atom. The second-order valence-corrected chi connectivity index (χ2v) is 5.51. The lowest BCUT2D eigenvalue weighted by atomic mass is 10.0. The minimum atomic E-state index is -0.764. The van der Waals surface area contributed by atoms with Crippen LogP contribution in [0.1, 0.15) is 30.4 Å². The third kappa shape index (κ3) is 2.23. The predicted octanol–water partition coefficient (Wildman–Crippen LogP) is 2.03. The average molecular weight is 259 g/mol. The molecule has 19 heavy (non-hydrogen) atoms. The van der Waals surface area contributed by atoms with Gasteiger partial charge in [0.25, 0.3) is 0 Å². The quantitative estimate of drug-likeness (QED) is 0.884. The van der Waals surface area contributed by atoms with E-state index in [1.807, 2.05) is 17.0 Å². The molecular formula is C15H17NO3. The van der Waals surface area contributed by atoms with Crippen LogP contribution >= 0.6 is 0 Å². The van der Waals surface area contributed by atoms with E-state index in [1.54, 1.807) is 0 Å². The van der Waals surface area contributed by atoms with Crippen LogP contribution in [0.4, 0.5) is 0 Å². The summed E-state index contributed by atoms with van der Waals surface area (Å²) in [6.07, 6.45) is 1.84. The van der Waals surface area contributed by atoms with Crippen LogP contribution in [0.25, 0.3) is 0 Å². The van der Waals surface area contributed by atoms with Gasteiger partial charge in [-0.2, -0.15) is 0 Å². The number of carboxylic acid groups (broad SMARTS) is 1. The fourth-order valence-electron chi connectivity index (χ4n) is 3.18. The fraction of sp³-hybridized carbons (Fsp3) is 0.467. The number of carbonyl (C=O) groups is 2. The first-order valence-corrected chi connectivity index (χ1v) is 6.73. The maximum Gasteiger partial charge on any atom is 0.306 e. The SMILES string of the molecule is O=C(O)[C@H]1CC[C@@H](C(=O)N2Cc3ccccc3C2)C1. The van der Waals surface area contributed by atoms with Crippen molar-refractivity contribution in [1.82, 2.24) is 4.90 Å². The standard InChI is InChI=1S/C15H17NO3/c17-14(10-5-6-11(7-10)15(18)19)16-8-12-3-1-2-4-13(12)9-16/h1-4,10-11H,5-9H2,(H,18,19)/t10-,11+/m1/s1. The summed E-state index contributed by atoms with van der Waals surface area (Å²) in [6.45, 7) is 1.34. The Bertz CT molecular complexity index is 501. The highest BCUT2D eigenvalue weighted by molar-refractivity contribution is 5.81. The van der Waals surface area contributed by atoms with Crippen molar-refractivity contribution < 1.29 is 14.7 Å². The summed E-state index contributed by atoms with van der Waals surface area (Å²) in [5.41, 5.74) is 2.42. The molecule has 1 saturated carbocycles. The molecule has 1 aliphatic carbocycles. The Kier molecular flexibility index (Phi) is 3.01. The third-order valence-corrected chi connectivity index (χ3v) is 4.28. The van der Waals surface area contributed by atoms with Gasteiger partial charge in [-0.3, -0.25) is 9.59 Å². The molecule has 1 aromatic rings. The molecule has 1 N–H and O–H groups in total. The van der Waals surface area contributed by atoms with Gasteiger partial charge in [0.1, 0.15) is 0 Å². The van der Waals surface area contributed by atoms with E-state index < -0.39 is 5.97 Å². The van der Waals surface area contributed by atoms with Crippen molar-refractivity contribution in [3.05, 3.63) is 35.4 Å². The van der Waals surface area contributed by atoms with Gasteiger partial charge in [-0.25, -0.2) is 0 Å². The molecule has 0 radical (unpaired) electrons. The maximum atomic E-state index is 12.4. The highest BCUT2D eigenvalue weighted by Gasteiger charge is 2.37. The molecule has 0 saturated heterocycles. The number of aliphatic carboxylic acids is 1. The molecular weight excluding hydrogens is 242 g/mol. The summed E-state index contributed by atoms with van der Waals surface area (Å²) in [6, 6.07) is 8.08. The number of rotatable bonds is 2. The second-order valence-electron chi connectivity index (χ2n) is 5.51. The van der Waals surface area contributed by atoms with Crippen LogP contribution < -0.4 is 0 Å². The van der Waals surface area contributed by atoms with E-state index in [-0.39, 0.29) is 17.7 Å². The minimum Gasteiger partial charge on any atom is -0.481 e. The van der Waals surface area contributed by atoms with Crippen molar-refractivity contribution in [2.24, 2.45) is 11.8 Å². The molecule has 2 aliphatic rings. The van der Waals surface area contributed by atoms with Gasteiger partial charge >= 0.3 is 5.97 Å². The monoisotopic (exact) mass is 259 g/mol. The second kappa shape index (κ2) is 4.68. The summed E-state index contributed by atoms with van der Waals surface area (Å²) in [5.74, 6) is -1.07. The van der Waals surface area contributed by atoms with E-state index in [4.69, 9.17) is 5.11 Å². The van der Waals surface area contributed by atoms with Gasteiger partial charge in [0, 0.05) is 19.0 Å². The minimum absolute atomic E-state index is 0.101. The van der Waals surface area contributed by atoms with E-state index in [9.17, 15) is 9.59 Å². The van der Waals surface area contributed by atoms with Gasteiger partial charge in [0.05, 0.1) is 5.92 Å². The molecule has 4 heteroatoms. The number of amides is 1. The van der Waals surface area contributed by atoms with Crippen molar-refractivity contribution in [3.63, 3.8) is 0 Å². The van der Waals surface area contributed by atoms with E-state index in [0.29, 0.717) is 32.4 Å². The molecule has 0 bridgehead atoms. The van der Waals surface area contributed by atoms with Crippen molar-refractivity contribution in [2.75, 3.05) is 0 Å². The van der Waals surface area contributed by atoms with Crippen molar-refractivity contribution in [2.45, 2.75) is 32.4 Å². The van der Waals surface area contributed by atoms with Crippen LogP contribution in [0.3, 0.4) is 0 Å². The number of carbonyl (C=O) groups excluding carboxylic acids is 1. The molecule has 100 valence electrons. The van der Waals surface area contributed by atoms with Gasteiger partial charge in [-0.15, -0.1) is 0 Å². The molecule has 0 spiro atoms. The van der Waals surface area contributed by atoms with E-state index >= 15 is 0 Å². The van der Waals surface area contributed by atoms with Gasteiger partial charge in [-0.05, 0) is 30.4 Å². The summed E-state index contributed by atoms with van der Waals surface area (Å²) in [4.78, 5) is 25.2. The van der Waals surface area contributed by atoms with Crippen molar-refractivity contribution >= 4 is 11.9 Å². The predicted molar refractivity (Wildman–Crippen MR) is 69.2 cm³/mol. The normalized spacial score (nSPS) is 25.4. The zero-order valence-electron chi connectivity index (χ0n) is 10.7. The average Bonchev–Trinajstić information content (AvgIpc) is 3.04. The summed E-state index contributed by atoms with van der Waals surface area (Å²) in [7, 11) is 0.